The second kappa shape index (κ2) is 11.2. The summed E-state index contributed by atoms with van der Waals surface area (Å²) in [5.74, 6) is -0.978. The number of urea groups is 1. The number of para-hydroxylation sites is 1. The molecule has 2 aromatic carbocycles. The number of carbonyl (C=O) groups is 2. The largest absolute Gasteiger partial charge is 0.435 e. The predicted octanol–water partition coefficient (Wildman–Crippen LogP) is 2.34. The summed E-state index contributed by atoms with van der Waals surface area (Å²) in [5, 5.41) is 8.49. The van der Waals surface area contributed by atoms with Gasteiger partial charge in [0.2, 0.25) is 10.0 Å². The summed E-state index contributed by atoms with van der Waals surface area (Å²) >= 11 is 0. The van der Waals surface area contributed by atoms with Crippen molar-refractivity contribution in [3.63, 3.8) is 0 Å². The van der Waals surface area contributed by atoms with Crippen LogP contribution in [0, 0.1) is 0 Å². The monoisotopic (exact) mass is 550 g/mol. The second-order valence-corrected chi connectivity index (χ2v) is 10.3. The summed E-state index contributed by atoms with van der Waals surface area (Å²) < 4.78 is 68.1. The van der Waals surface area contributed by atoms with E-state index in [0.717, 1.165) is 10.9 Å². The molecule has 4 rings (SSSR count). The summed E-state index contributed by atoms with van der Waals surface area (Å²) in [7, 11) is -3.66. The Labute approximate surface area is 217 Å². The summed E-state index contributed by atoms with van der Waals surface area (Å²) in [6.07, 6.45) is -3.83. The Morgan fingerprint density at radius 1 is 0.868 bits per heavy atom. The SMILES string of the molecule is O=C(NCCNC(=O)N1CCN(S(=O)(=O)c2ccccc2)CC1)c1cn(-c2ccccc2)nc1C(F)(F)F. The normalized spacial score (nSPS) is 14.8. The van der Waals surface area contributed by atoms with Gasteiger partial charge in [-0.1, -0.05) is 36.4 Å². The van der Waals surface area contributed by atoms with Gasteiger partial charge in [-0.15, -0.1) is 0 Å². The van der Waals surface area contributed by atoms with Gasteiger partial charge in [0.15, 0.2) is 5.69 Å². The first kappa shape index (κ1) is 27.1. The van der Waals surface area contributed by atoms with Crippen LogP contribution in [-0.4, -0.2) is 78.6 Å². The third-order valence-electron chi connectivity index (χ3n) is 5.84. The highest BCUT2D eigenvalue weighted by Gasteiger charge is 2.39. The van der Waals surface area contributed by atoms with Gasteiger partial charge >= 0.3 is 12.2 Å². The predicted molar refractivity (Wildman–Crippen MR) is 131 cm³/mol. The molecular formula is C24H25F3N6O4S. The van der Waals surface area contributed by atoms with Crippen molar-refractivity contribution in [3.05, 3.63) is 78.1 Å². The lowest BCUT2D eigenvalue weighted by Gasteiger charge is -2.34. The molecule has 0 aliphatic carbocycles. The maximum Gasteiger partial charge on any atom is 0.435 e. The van der Waals surface area contributed by atoms with Crippen molar-refractivity contribution in [1.29, 1.82) is 0 Å². The molecule has 1 saturated heterocycles. The zero-order valence-corrected chi connectivity index (χ0v) is 20.9. The highest BCUT2D eigenvalue weighted by Crippen LogP contribution is 2.31. The van der Waals surface area contributed by atoms with E-state index in [9.17, 15) is 31.2 Å². The van der Waals surface area contributed by atoms with Crippen molar-refractivity contribution in [2.45, 2.75) is 11.1 Å². The van der Waals surface area contributed by atoms with Crippen LogP contribution >= 0.6 is 0 Å². The molecule has 0 saturated carbocycles. The summed E-state index contributed by atoms with van der Waals surface area (Å²) in [6, 6.07) is 15.6. The fourth-order valence-corrected chi connectivity index (χ4v) is 5.33. The summed E-state index contributed by atoms with van der Waals surface area (Å²) in [6.45, 7) is 0.401. The van der Waals surface area contributed by atoms with Crippen LogP contribution in [0.15, 0.2) is 71.8 Å². The quantitative estimate of drug-likeness (QED) is 0.438. The van der Waals surface area contributed by atoms with Crippen molar-refractivity contribution in [2.75, 3.05) is 39.3 Å². The van der Waals surface area contributed by atoms with Crippen molar-refractivity contribution in [1.82, 2.24) is 29.6 Å². The van der Waals surface area contributed by atoms with E-state index in [1.54, 1.807) is 48.5 Å². The van der Waals surface area contributed by atoms with Crippen molar-refractivity contribution >= 4 is 22.0 Å². The fourth-order valence-electron chi connectivity index (χ4n) is 3.89. The van der Waals surface area contributed by atoms with E-state index in [0.29, 0.717) is 5.69 Å². The molecule has 2 heterocycles. The molecule has 0 spiro atoms. The number of carbonyl (C=O) groups excluding carboxylic acids is 2. The number of piperazine rings is 1. The van der Waals surface area contributed by atoms with Gasteiger partial charge in [-0.25, -0.2) is 17.9 Å². The molecule has 1 aliphatic heterocycles. The van der Waals surface area contributed by atoms with E-state index in [2.05, 4.69) is 15.7 Å². The van der Waals surface area contributed by atoms with Crippen LogP contribution in [0.4, 0.5) is 18.0 Å². The number of sulfonamides is 1. The number of rotatable bonds is 7. The molecule has 14 heteroatoms. The number of benzene rings is 2. The van der Waals surface area contributed by atoms with E-state index >= 15 is 0 Å². The molecule has 0 atom stereocenters. The Morgan fingerprint density at radius 3 is 2.05 bits per heavy atom. The van der Waals surface area contributed by atoms with Gasteiger partial charge in [-0.05, 0) is 24.3 Å². The molecule has 0 bridgehead atoms. The molecule has 1 fully saturated rings. The summed E-state index contributed by atoms with van der Waals surface area (Å²) in [5.41, 5.74) is -1.59. The van der Waals surface area contributed by atoms with E-state index in [1.807, 2.05) is 0 Å². The highest BCUT2D eigenvalue weighted by atomic mass is 32.2. The Hall–Kier alpha value is -3.91. The highest BCUT2D eigenvalue weighted by molar-refractivity contribution is 7.89. The second-order valence-electron chi connectivity index (χ2n) is 8.36. The average molecular weight is 551 g/mol. The zero-order chi connectivity index (χ0) is 27.3. The van der Waals surface area contributed by atoms with E-state index < -0.39 is 39.4 Å². The number of nitrogens with zero attached hydrogens (tertiary/aromatic N) is 4. The first-order valence-electron chi connectivity index (χ1n) is 11.7. The topological polar surface area (TPSA) is 117 Å². The van der Waals surface area contributed by atoms with Crippen LogP contribution in [0.5, 0.6) is 0 Å². The van der Waals surface area contributed by atoms with Gasteiger partial charge in [-0.3, -0.25) is 4.79 Å². The standard InChI is InChI=1S/C24H25F3N6O4S/c25-24(26,27)21-20(17-33(30-21)18-7-3-1-4-8-18)22(34)28-11-12-29-23(35)31-13-15-32(16-14-31)38(36,37)19-9-5-2-6-10-19/h1-10,17H,11-16H2,(H,28,34)(H,29,35). The molecule has 3 amide bonds. The Bertz CT molecular complexity index is 1370. The smallest absolute Gasteiger partial charge is 0.350 e. The Morgan fingerprint density at radius 2 is 1.45 bits per heavy atom. The maximum absolute atomic E-state index is 13.5. The number of amides is 3. The number of hydrogen-bond donors (Lipinski definition) is 2. The van der Waals surface area contributed by atoms with Crippen molar-refractivity contribution in [3.8, 4) is 5.69 Å². The lowest BCUT2D eigenvalue weighted by atomic mass is 10.2. The van der Waals surface area contributed by atoms with Crippen LogP contribution in [0.25, 0.3) is 5.69 Å². The van der Waals surface area contributed by atoms with E-state index in [4.69, 9.17) is 0 Å². The number of alkyl halides is 3. The Balaban J connectivity index is 1.27. The first-order valence-corrected chi connectivity index (χ1v) is 13.1. The Kier molecular flexibility index (Phi) is 8.02. The van der Waals surface area contributed by atoms with Crippen LogP contribution in [0.2, 0.25) is 0 Å². The van der Waals surface area contributed by atoms with Gasteiger partial charge in [-0.2, -0.15) is 22.6 Å². The molecule has 10 nitrogen and oxygen atoms in total. The molecule has 38 heavy (non-hydrogen) atoms. The number of halogens is 3. The molecule has 202 valence electrons. The minimum Gasteiger partial charge on any atom is -0.350 e. The molecule has 3 aromatic rings. The minimum atomic E-state index is -4.84. The molecular weight excluding hydrogens is 525 g/mol. The van der Waals surface area contributed by atoms with Crippen LogP contribution < -0.4 is 10.6 Å². The third kappa shape index (κ3) is 6.14. The van der Waals surface area contributed by atoms with Gasteiger partial charge in [0, 0.05) is 45.5 Å². The third-order valence-corrected chi connectivity index (χ3v) is 7.75. The van der Waals surface area contributed by atoms with E-state index in [1.165, 1.54) is 21.3 Å². The molecule has 1 aliphatic rings. The molecule has 0 radical (unpaired) electrons. The van der Waals surface area contributed by atoms with E-state index in [-0.39, 0.29) is 44.2 Å². The summed E-state index contributed by atoms with van der Waals surface area (Å²) in [4.78, 5) is 26.6. The average Bonchev–Trinajstić information content (AvgIpc) is 3.39. The minimum absolute atomic E-state index is 0.0404. The van der Waals surface area contributed by atoms with Crippen LogP contribution in [-0.2, 0) is 16.2 Å². The van der Waals surface area contributed by atoms with Gasteiger partial charge in [0.1, 0.15) is 0 Å². The van der Waals surface area contributed by atoms with Gasteiger partial charge in [0.25, 0.3) is 5.91 Å². The number of aromatic nitrogens is 2. The zero-order valence-electron chi connectivity index (χ0n) is 20.1. The van der Waals surface area contributed by atoms with Crippen molar-refractivity contribution < 1.29 is 31.2 Å². The lowest BCUT2D eigenvalue weighted by molar-refractivity contribution is -0.141. The van der Waals surface area contributed by atoms with Gasteiger partial charge < -0.3 is 15.5 Å². The number of nitrogens with one attached hydrogen (secondary N) is 2. The fraction of sp³-hybridized carbons (Fsp3) is 0.292. The number of hydrogen-bond acceptors (Lipinski definition) is 5. The van der Waals surface area contributed by atoms with Crippen molar-refractivity contribution in [2.24, 2.45) is 0 Å². The van der Waals surface area contributed by atoms with Crippen LogP contribution in [0.1, 0.15) is 16.1 Å². The first-order chi connectivity index (χ1) is 18.1. The van der Waals surface area contributed by atoms with Gasteiger partial charge in [0.05, 0.1) is 16.1 Å². The molecule has 2 N–H and O–H groups in total. The maximum atomic E-state index is 13.5. The molecule has 1 aromatic heterocycles. The lowest BCUT2D eigenvalue weighted by Crippen LogP contribution is -2.53. The molecule has 0 unspecified atom stereocenters. The van der Waals surface area contributed by atoms with Crippen LogP contribution in [0.3, 0.4) is 0 Å².